The van der Waals surface area contributed by atoms with E-state index in [0.29, 0.717) is 15.7 Å². The topological polar surface area (TPSA) is 76.3 Å². The third-order valence-electron chi connectivity index (χ3n) is 4.77. The molecule has 31 heavy (non-hydrogen) atoms. The van der Waals surface area contributed by atoms with E-state index >= 15 is 0 Å². The van der Waals surface area contributed by atoms with Gasteiger partial charge in [0.05, 0.1) is 11.2 Å². The summed E-state index contributed by atoms with van der Waals surface area (Å²) in [5.41, 5.74) is 0.442. The average molecular weight is 431 g/mol. The van der Waals surface area contributed by atoms with Crippen LogP contribution in [0.25, 0.3) is 21.2 Å². The lowest BCUT2D eigenvalue weighted by Gasteiger charge is -2.19. The lowest BCUT2D eigenvalue weighted by atomic mass is 10.1. The van der Waals surface area contributed by atoms with Gasteiger partial charge in [0.1, 0.15) is 22.5 Å². The third-order valence-corrected chi connectivity index (χ3v) is 5.81. The molecule has 0 aliphatic carbocycles. The van der Waals surface area contributed by atoms with Crippen LogP contribution in [0.4, 0.5) is 9.52 Å². The Kier molecular flexibility index (Phi) is 4.76. The number of thiazole rings is 1. The van der Waals surface area contributed by atoms with Crippen molar-refractivity contribution in [3.8, 4) is 0 Å². The van der Waals surface area contributed by atoms with Crippen molar-refractivity contribution in [2.45, 2.75) is 6.54 Å². The second kappa shape index (κ2) is 7.73. The van der Waals surface area contributed by atoms with Gasteiger partial charge in [-0.3, -0.25) is 14.7 Å². The summed E-state index contributed by atoms with van der Waals surface area (Å²) in [5.74, 6) is -1.05. The summed E-state index contributed by atoms with van der Waals surface area (Å²) >= 11 is 1.17. The standard InChI is InChI=1S/C23H14FN3O3S/c24-17-7-3-9-19-20(17)26-23(31-19)27(13-14-5-4-10-25-12-14)21(28)16-11-15-6-1-2-8-18(15)30-22(16)29/h1-12H,13H2. The van der Waals surface area contributed by atoms with Crippen LogP contribution in [-0.4, -0.2) is 15.9 Å². The molecule has 0 spiro atoms. The minimum atomic E-state index is -0.743. The maximum atomic E-state index is 14.2. The lowest BCUT2D eigenvalue weighted by molar-refractivity contribution is 0.0981. The number of benzene rings is 2. The molecule has 0 unspecified atom stereocenters. The number of para-hydroxylation sites is 2. The molecule has 0 aliphatic rings. The van der Waals surface area contributed by atoms with Crippen molar-refractivity contribution in [3.63, 3.8) is 0 Å². The maximum absolute atomic E-state index is 14.2. The Morgan fingerprint density at radius 2 is 1.97 bits per heavy atom. The molecule has 8 heteroatoms. The number of pyridine rings is 1. The summed E-state index contributed by atoms with van der Waals surface area (Å²) in [6.07, 6.45) is 3.25. The van der Waals surface area contributed by atoms with Crippen LogP contribution in [0.5, 0.6) is 0 Å². The summed E-state index contributed by atoms with van der Waals surface area (Å²) in [5, 5.41) is 0.906. The van der Waals surface area contributed by atoms with Gasteiger partial charge in [0.15, 0.2) is 5.13 Å². The SMILES string of the molecule is O=C(c1cc2ccccc2oc1=O)N(Cc1cccnc1)c1nc2c(F)cccc2s1. The summed E-state index contributed by atoms with van der Waals surface area (Å²) < 4.78 is 20.2. The fourth-order valence-electron chi connectivity index (χ4n) is 3.28. The van der Waals surface area contributed by atoms with Crippen LogP contribution in [0.3, 0.4) is 0 Å². The van der Waals surface area contributed by atoms with E-state index in [1.54, 1.807) is 54.9 Å². The summed E-state index contributed by atoms with van der Waals surface area (Å²) in [7, 11) is 0. The number of carbonyl (C=O) groups is 1. The number of rotatable bonds is 4. The molecular formula is C23H14FN3O3S. The zero-order chi connectivity index (χ0) is 21.4. The van der Waals surface area contributed by atoms with E-state index < -0.39 is 17.3 Å². The lowest BCUT2D eigenvalue weighted by Crippen LogP contribution is -2.33. The molecule has 0 atom stereocenters. The molecule has 0 bridgehead atoms. The first kappa shape index (κ1) is 19.1. The fraction of sp³-hybridized carbons (Fsp3) is 0.0435. The van der Waals surface area contributed by atoms with Gasteiger partial charge in [-0.15, -0.1) is 0 Å². The van der Waals surface area contributed by atoms with Gasteiger partial charge in [0.2, 0.25) is 0 Å². The van der Waals surface area contributed by atoms with Gasteiger partial charge >= 0.3 is 5.63 Å². The van der Waals surface area contributed by atoms with Gasteiger partial charge in [-0.2, -0.15) is 0 Å². The minimum absolute atomic E-state index is 0.111. The van der Waals surface area contributed by atoms with Gasteiger partial charge in [-0.25, -0.2) is 14.2 Å². The summed E-state index contributed by atoms with van der Waals surface area (Å²) in [6.45, 7) is 0.111. The number of halogens is 1. The normalized spacial score (nSPS) is 11.1. The molecule has 0 fully saturated rings. The van der Waals surface area contributed by atoms with Crippen molar-refractivity contribution in [1.29, 1.82) is 0 Å². The number of hydrogen-bond acceptors (Lipinski definition) is 6. The second-order valence-corrected chi connectivity index (χ2v) is 7.83. The molecular weight excluding hydrogens is 417 g/mol. The monoisotopic (exact) mass is 431 g/mol. The fourth-order valence-corrected chi connectivity index (χ4v) is 4.25. The predicted octanol–water partition coefficient (Wildman–Crippen LogP) is 4.78. The third kappa shape index (κ3) is 3.57. The first-order valence-electron chi connectivity index (χ1n) is 9.39. The van der Waals surface area contributed by atoms with Crippen molar-refractivity contribution in [1.82, 2.24) is 9.97 Å². The van der Waals surface area contributed by atoms with Crippen LogP contribution in [0.2, 0.25) is 0 Å². The van der Waals surface area contributed by atoms with Gasteiger partial charge in [0.25, 0.3) is 5.91 Å². The Hall–Kier alpha value is -3.91. The van der Waals surface area contributed by atoms with E-state index in [1.807, 2.05) is 6.07 Å². The maximum Gasteiger partial charge on any atom is 0.349 e. The van der Waals surface area contributed by atoms with Crippen molar-refractivity contribution < 1.29 is 13.6 Å². The first-order valence-corrected chi connectivity index (χ1v) is 10.2. The van der Waals surface area contributed by atoms with Crippen molar-refractivity contribution in [2.75, 3.05) is 4.90 Å². The van der Waals surface area contributed by atoms with E-state index in [1.165, 1.54) is 28.4 Å². The molecule has 0 N–H and O–H groups in total. The quantitative estimate of drug-likeness (QED) is 0.383. The average Bonchev–Trinajstić information content (AvgIpc) is 3.23. The van der Waals surface area contributed by atoms with Crippen LogP contribution in [-0.2, 0) is 6.54 Å². The number of carbonyl (C=O) groups excluding carboxylic acids is 1. The van der Waals surface area contributed by atoms with E-state index in [-0.39, 0.29) is 22.8 Å². The number of amides is 1. The van der Waals surface area contributed by atoms with Crippen LogP contribution >= 0.6 is 11.3 Å². The zero-order valence-corrected chi connectivity index (χ0v) is 16.8. The Morgan fingerprint density at radius 3 is 2.77 bits per heavy atom. The van der Waals surface area contributed by atoms with Crippen molar-refractivity contribution >= 4 is 43.6 Å². The van der Waals surface area contributed by atoms with E-state index in [9.17, 15) is 14.0 Å². The number of nitrogens with zero attached hydrogens (tertiary/aromatic N) is 3. The molecule has 0 radical (unpaired) electrons. The second-order valence-electron chi connectivity index (χ2n) is 6.82. The Labute approximate surface area is 179 Å². The first-order chi connectivity index (χ1) is 15.1. The largest absolute Gasteiger partial charge is 0.422 e. The van der Waals surface area contributed by atoms with Crippen LogP contribution < -0.4 is 10.5 Å². The molecule has 1 amide bonds. The van der Waals surface area contributed by atoms with Gasteiger partial charge in [0, 0.05) is 17.8 Å². The molecule has 5 rings (SSSR count). The molecule has 6 nitrogen and oxygen atoms in total. The van der Waals surface area contributed by atoms with Crippen molar-refractivity contribution in [3.05, 3.63) is 100 Å². The van der Waals surface area contributed by atoms with Crippen molar-refractivity contribution in [2.24, 2.45) is 0 Å². The molecule has 5 aromatic rings. The highest BCUT2D eigenvalue weighted by molar-refractivity contribution is 7.22. The van der Waals surface area contributed by atoms with Crippen LogP contribution in [0, 0.1) is 5.82 Å². The highest BCUT2D eigenvalue weighted by atomic mass is 32.1. The van der Waals surface area contributed by atoms with Crippen LogP contribution in [0.1, 0.15) is 15.9 Å². The van der Waals surface area contributed by atoms with E-state index in [4.69, 9.17) is 4.42 Å². The Balaban J connectivity index is 1.64. The Bertz CT molecular complexity index is 1480. The number of anilines is 1. The van der Waals surface area contributed by atoms with E-state index in [0.717, 1.165) is 5.56 Å². The molecule has 152 valence electrons. The molecule has 3 heterocycles. The van der Waals surface area contributed by atoms with Gasteiger partial charge in [-0.1, -0.05) is 41.7 Å². The molecule has 0 saturated heterocycles. The van der Waals surface area contributed by atoms with Gasteiger partial charge < -0.3 is 4.42 Å². The highest BCUT2D eigenvalue weighted by Gasteiger charge is 2.25. The number of aromatic nitrogens is 2. The minimum Gasteiger partial charge on any atom is -0.422 e. The van der Waals surface area contributed by atoms with Gasteiger partial charge in [-0.05, 0) is 35.9 Å². The molecule has 0 aliphatic heterocycles. The zero-order valence-electron chi connectivity index (χ0n) is 16.0. The smallest absolute Gasteiger partial charge is 0.349 e. The van der Waals surface area contributed by atoms with Crippen LogP contribution in [0.15, 0.2) is 82.3 Å². The number of hydrogen-bond donors (Lipinski definition) is 0. The molecule has 0 saturated carbocycles. The highest BCUT2D eigenvalue weighted by Crippen LogP contribution is 2.32. The number of fused-ring (bicyclic) bond motifs is 2. The molecule has 2 aromatic carbocycles. The Morgan fingerprint density at radius 1 is 1.10 bits per heavy atom. The molecule has 3 aromatic heterocycles. The predicted molar refractivity (Wildman–Crippen MR) is 117 cm³/mol. The van der Waals surface area contributed by atoms with E-state index in [2.05, 4.69) is 9.97 Å². The summed E-state index contributed by atoms with van der Waals surface area (Å²) in [4.78, 5) is 35.9. The summed E-state index contributed by atoms with van der Waals surface area (Å²) in [6, 6.07) is 16.7.